The highest BCUT2D eigenvalue weighted by Crippen LogP contribution is 2.31. The largest absolute Gasteiger partial charge is 0.496 e. The highest BCUT2D eigenvalue weighted by atomic mass is 35.5. The van der Waals surface area contributed by atoms with Gasteiger partial charge in [-0.2, -0.15) is 5.26 Å². The van der Waals surface area contributed by atoms with Crippen LogP contribution in [-0.4, -0.2) is 11.3 Å². The fraction of sp³-hybridized carbons (Fsp3) is 0.133. The molecule has 2 aromatic rings. The molecule has 0 amide bonds. The second-order valence-electron chi connectivity index (χ2n) is 4.18. The summed E-state index contributed by atoms with van der Waals surface area (Å²) < 4.78 is 17.8. The third kappa shape index (κ3) is 3.56. The van der Waals surface area contributed by atoms with Gasteiger partial charge in [0.2, 0.25) is 0 Å². The highest BCUT2D eigenvalue weighted by molar-refractivity contribution is 7.84. The van der Waals surface area contributed by atoms with Crippen molar-refractivity contribution in [3.8, 4) is 11.8 Å². The Kier molecular flexibility index (Phi) is 5.24. The van der Waals surface area contributed by atoms with Gasteiger partial charge in [0.25, 0.3) is 0 Å². The topological polar surface area (TPSA) is 50.1 Å². The van der Waals surface area contributed by atoms with Crippen LogP contribution >= 0.6 is 23.2 Å². The van der Waals surface area contributed by atoms with Crippen molar-refractivity contribution in [2.24, 2.45) is 0 Å². The maximum absolute atomic E-state index is 12.5. The third-order valence-corrected chi connectivity index (χ3v) is 5.17. The first-order valence-electron chi connectivity index (χ1n) is 5.96. The summed E-state index contributed by atoms with van der Waals surface area (Å²) in [6, 6.07) is 12.0. The molecule has 2 rings (SSSR count). The Morgan fingerprint density at radius 1 is 1.24 bits per heavy atom. The summed E-state index contributed by atoms with van der Waals surface area (Å²) in [6.45, 7) is 0. The molecule has 0 aliphatic carbocycles. The van der Waals surface area contributed by atoms with Gasteiger partial charge in [-0.15, -0.1) is 0 Å². The van der Waals surface area contributed by atoms with Crippen molar-refractivity contribution in [1.29, 1.82) is 5.26 Å². The number of rotatable bonds is 4. The van der Waals surface area contributed by atoms with Gasteiger partial charge in [0.05, 0.1) is 50.2 Å². The Labute approximate surface area is 135 Å². The van der Waals surface area contributed by atoms with Crippen LogP contribution in [-0.2, 0) is 16.6 Å². The van der Waals surface area contributed by atoms with E-state index in [0.717, 1.165) is 0 Å². The molecule has 0 fully saturated rings. The minimum Gasteiger partial charge on any atom is -0.496 e. The van der Waals surface area contributed by atoms with Gasteiger partial charge < -0.3 is 4.74 Å². The number of methoxy groups -OCH3 is 1. The standard InChI is InChI=1S/C15H11Cl2NO2S/c1-20-14-6-5-10(8-18)7-11(14)9-21(19)15-12(16)3-2-4-13(15)17/h2-7H,9H2,1H3. The van der Waals surface area contributed by atoms with Gasteiger partial charge in [0, 0.05) is 5.56 Å². The number of hydrogen-bond donors (Lipinski definition) is 0. The van der Waals surface area contributed by atoms with Crippen LogP contribution < -0.4 is 4.74 Å². The predicted octanol–water partition coefficient (Wildman–Crippen LogP) is 4.18. The van der Waals surface area contributed by atoms with Crippen LogP contribution in [0.2, 0.25) is 10.0 Å². The van der Waals surface area contributed by atoms with Gasteiger partial charge in [-0.05, 0) is 30.3 Å². The Morgan fingerprint density at radius 3 is 2.48 bits per heavy atom. The Hall–Kier alpha value is -1.54. The number of nitrogens with zero attached hydrogens (tertiary/aromatic N) is 1. The smallest absolute Gasteiger partial charge is 0.123 e. The Morgan fingerprint density at radius 2 is 1.90 bits per heavy atom. The fourth-order valence-electron chi connectivity index (χ4n) is 1.87. The summed E-state index contributed by atoms with van der Waals surface area (Å²) in [4.78, 5) is 0.394. The second-order valence-corrected chi connectivity index (χ2v) is 6.38. The SMILES string of the molecule is COc1ccc(C#N)cc1CS(=O)c1c(Cl)cccc1Cl. The number of hydrogen-bond acceptors (Lipinski definition) is 3. The van der Waals surface area contributed by atoms with E-state index in [0.29, 0.717) is 31.8 Å². The van der Waals surface area contributed by atoms with Gasteiger partial charge in [0.1, 0.15) is 5.75 Å². The van der Waals surface area contributed by atoms with E-state index < -0.39 is 10.8 Å². The average Bonchev–Trinajstić information content (AvgIpc) is 2.47. The van der Waals surface area contributed by atoms with Crippen molar-refractivity contribution in [3.63, 3.8) is 0 Å². The highest BCUT2D eigenvalue weighted by Gasteiger charge is 2.16. The van der Waals surface area contributed by atoms with Gasteiger partial charge in [-0.1, -0.05) is 29.3 Å². The van der Waals surface area contributed by atoms with Crippen molar-refractivity contribution in [3.05, 3.63) is 57.6 Å². The van der Waals surface area contributed by atoms with Crippen LogP contribution in [0.4, 0.5) is 0 Å². The molecule has 0 saturated carbocycles. The van der Waals surface area contributed by atoms with E-state index in [1.807, 2.05) is 6.07 Å². The van der Waals surface area contributed by atoms with Crippen LogP contribution in [0.25, 0.3) is 0 Å². The zero-order valence-electron chi connectivity index (χ0n) is 11.1. The van der Waals surface area contributed by atoms with E-state index in [2.05, 4.69) is 0 Å². The van der Waals surface area contributed by atoms with Gasteiger partial charge in [-0.25, -0.2) is 0 Å². The minimum atomic E-state index is -1.43. The van der Waals surface area contributed by atoms with Gasteiger partial charge >= 0.3 is 0 Å². The molecule has 0 aromatic heterocycles. The van der Waals surface area contributed by atoms with Gasteiger partial charge in [-0.3, -0.25) is 4.21 Å². The Bertz CT molecular complexity index is 721. The molecule has 1 unspecified atom stereocenters. The summed E-state index contributed by atoms with van der Waals surface area (Å²) in [5.41, 5.74) is 1.15. The fourth-order valence-corrected chi connectivity index (χ4v) is 4.01. The molecular weight excluding hydrogens is 329 g/mol. The summed E-state index contributed by atoms with van der Waals surface area (Å²) >= 11 is 12.1. The zero-order chi connectivity index (χ0) is 15.4. The Balaban J connectivity index is 2.38. The molecule has 0 aliphatic heterocycles. The number of nitriles is 1. The van der Waals surface area contributed by atoms with Crippen LogP contribution in [0.15, 0.2) is 41.3 Å². The monoisotopic (exact) mass is 339 g/mol. The number of benzene rings is 2. The van der Waals surface area contributed by atoms with E-state index >= 15 is 0 Å². The molecule has 1 atom stereocenters. The quantitative estimate of drug-likeness (QED) is 0.839. The van der Waals surface area contributed by atoms with Crippen molar-refractivity contribution < 1.29 is 8.95 Å². The van der Waals surface area contributed by atoms with E-state index in [9.17, 15) is 4.21 Å². The molecule has 108 valence electrons. The lowest BCUT2D eigenvalue weighted by Gasteiger charge is -2.10. The molecule has 0 saturated heterocycles. The molecule has 3 nitrogen and oxygen atoms in total. The van der Waals surface area contributed by atoms with Crippen LogP contribution in [0.3, 0.4) is 0 Å². The molecule has 21 heavy (non-hydrogen) atoms. The number of ether oxygens (including phenoxy) is 1. The molecule has 0 heterocycles. The van der Waals surface area contributed by atoms with Crippen LogP contribution in [0, 0.1) is 11.3 Å². The summed E-state index contributed by atoms with van der Waals surface area (Å²) in [6.07, 6.45) is 0. The van der Waals surface area contributed by atoms with E-state index in [1.165, 1.54) is 7.11 Å². The molecule has 0 bridgehead atoms. The predicted molar refractivity (Wildman–Crippen MR) is 84.3 cm³/mol. The van der Waals surface area contributed by atoms with Crippen molar-refractivity contribution in [2.45, 2.75) is 10.6 Å². The van der Waals surface area contributed by atoms with Crippen molar-refractivity contribution in [1.82, 2.24) is 0 Å². The normalized spacial score (nSPS) is 11.7. The molecule has 6 heteroatoms. The number of halogens is 2. The first-order valence-corrected chi connectivity index (χ1v) is 8.03. The maximum atomic E-state index is 12.5. The van der Waals surface area contributed by atoms with Crippen molar-refractivity contribution in [2.75, 3.05) is 7.11 Å². The lowest BCUT2D eigenvalue weighted by Crippen LogP contribution is -2.01. The molecule has 2 aromatic carbocycles. The van der Waals surface area contributed by atoms with Gasteiger partial charge in [0.15, 0.2) is 0 Å². The molecular formula is C15H11Cl2NO2S. The summed E-state index contributed by atoms with van der Waals surface area (Å²) in [7, 11) is 0.0911. The minimum absolute atomic E-state index is 0.169. The second kappa shape index (κ2) is 6.95. The lowest BCUT2D eigenvalue weighted by molar-refractivity contribution is 0.411. The molecule has 0 N–H and O–H groups in total. The van der Waals surface area contributed by atoms with Crippen LogP contribution in [0.5, 0.6) is 5.75 Å². The summed E-state index contributed by atoms with van der Waals surface area (Å²) in [5.74, 6) is 0.743. The first-order chi connectivity index (χ1) is 10.1. The van der Waals surface area contributed by atoms with Crippen molar-refractivity contribution >= 4 is 34.0 Å². The van der Waals surface area contributed by atoms with E-state index in [4.69, 9.17) is 33.2 Å². The lowest BCUT2D eigenvalue weighted by atomic mass is 10.1. The van der Waals surface area contributed by atoms with Crippen LogP contribution in [0.1, 0.15) is 11.1 Å². The maximum Gasteiger partial charge on any atom is 0.123 e. The first kappa shape index (κ1) is 15.8. The molecule has 0 aliphatic rings. The zero-order valence-corrected chi connectivity index (χ0v) is 13.4. The summed E-state index contributed by atoms with van der Waals surface area (Å²) in [5, 5.41) is 9.67. The molecule has 0 radical (unpaired) electrons. The third-order valence-electron chi connectivity index (χ3n) is 2.84. The van der Waals surface area contributed by atoms with E-state index in [1.54, 1.807) is 36.4 Å². The average molecular weight is 340 g/mol. The molecule has 0 spiro atoms. The van der Waals surface area contributed by atoms with E-state index in [-0.39, 0.29) is 5.75 Å².